The van der Waals surface area contributed by atoms with Crippen molar-refractivity contribution in [3.63, 3.8) is 0 Å². The summed E-state index contributed by atoms with van der Waals surface area (Å²) >= 11 is 0. The summed E-state index contributed by atoms with van der Waals surface area (Å²) in [4.78, 5) is 0. The van der Waals surface area contributed by atoms with Crippen molar-refractivity contribution >= 4 is 0 Å². The van der Waals surface area contributed by atoms with E-state index >= 15 is 0 Å². The van der Waals surface area contributed by atoms with Crippen LogP contribution in [0.3, 0.4) is 0 Å². The molecule has 2 heteroatoms. The van der Waals surface area contributed by atoms with Crippen LogP contribution in [0.4, 0.5) is 0 Å². The van der Waals surface area contributed by atoms with E-state index in [4.69, 9.17) is 9.47 Å². The van der Waals surface area contributed by atoms with E-state index in [1.807, 2.05) is 12.2 Å². The molecule has 2 aliphatic rings. The number of hydrogen-bond acceptors (Lipinski definition) is 2. The predicted octanol–water partition coefficient (Wildman–Crippen LogP) is 2.95. The molecule has 16 heavy (non-hydrogen) atoms. The van der Waals surface area contributed by atoms with Gasteiger partial charge in [-0.1, -0.05) is 12.2 Å². The van der Waals surface area contributed by atoms with Crippen molar-refractivity contribution in [2.45, 2.75) is 37.9 Å². The Balaban J connectivity index is 2.40. The van der Waals surface area contributed by atoms with Crippen molar-refractivity contribution in [1.82, 2.24) is 0 Å². The molecule has 1 aliphatic carbocycles. The first-order valence-corrected chi connectivity index (χ1v) is 6.11. The molecule has 0 bridgehead atoms. The van der Waals surface area contributed by atoms with Crippen LogP contribution in [-0.2, 0) is 9.47 Å². The van der Waals surface area contributed by atoms with Gasteiger partial charge in [-0.3, -0.25) is 0 Å². The van der Waals surface area contributed by atoms with Gasteiger partial charge in [0.25, 0.3) is 0 Å². The number of rotatable bonds is 2. The molecule has 2 fully saturated rings. The summed E-state index contributed by atoms with van der Waals surface area (Å²) in [6.07, 6.45) is 6.25. The van der Waals surface area contributed by atoms with Crippen molar-refractivity contribution < 1.29 is 9.47 Å². The van der Waals surface area contributed by atoms with Gasteiger partial charge in [0.1, 0.15) is 11.2 Å². The fourth-order valence-electron chi connectivity index (χ4n) is 3.34. The molecule has 2 nitrogen and oxygen atoms in total. The summed E-state index contributed by atoms with van der Waals surface area (Å²) in [5.74, 6) is 0.739. The lowest BCUT2D eigenvalue weighted by molar-refractivity contribution is -0.287. The third kappa shape index (κ3) is 1.40. The highest BCUT2D eigenvalue weighted by Gasteiger charge is 2.58. The molecule has 0 amide bonds. The van der Waals surface area contributed by atoms with Gasteiger partial charge in [0.2, 0.25) is 0 Å². The highest BCUT2D eigenvalue weighted by atomic mass is 16.6. The molecule has 90 valence electrons. The number of fused-ring (bicyclic) bond motifs is 1. The van der Waals surface area contributed by atoms with E-state index < -0.39 is 0 Å². The zero-order chi connectivity index (χ0) is 11.8. The van der Waals surface area contributed by atoms with Gasteiger partial charge >= 0.3 is 0 Å². The van der Waals surface area contributed by atoms with Crippen LogP contribution in [0.15, 0.2) is 25.3 Å². The highest BCUT2D eigenvalue weighted by Crippen LogP contribution is 2.51. The summed E-state index contributed by atoms with van der Waals surface area (Å²) < 4.78 is 12.1. The first kappa shape index (κ1) is 11.9. The summed E-state index contributed by atoms with van der Waals surface area (Å²) in [7, 11) is 0. The van der Waals surface area contributed by atoms with Crippen LogP contribution in [0, 0.1) is 11.8 Å². The molecular weight excluding hydrogens is 200 g/mol. The minimum Gasteiger partial charge on any atom is -0.369 e. The minimum atomic E-state index is -0.260. The van der Waals surface area contributed by atoms with Gasteiger partial charge in [-0.15, -0.1) is 13.2 Å². The third-order valence-electron chi connectivity index (χ3n) is 4.65. The van der Waals surface area contributed by atoms with Crippen molar-refractivity contribution in [1.29, 1.82) is 0 Å². The largest absolute Gasteiger partial charge is 0.369 e. The summed E-state index contributed by atoms with van der Waals surface area (Å²) in [6.45, 7) is 13.6. The quantitative estimate of drug-likeness (QED) is 0.669. The fraction of sp³-hybridized carbons (Fsp3) is 0.714. The molecule has 1 heterocycles. The first-order valence-electron chi connectivity index (χ1n) is 6.11. The maximum Gasteiger partial charge on any atom is 0.101 e. The van der Waals surface area contributed by atoms with Crippen LogP contribution in [0.5, 0.6) is 0 Å². The third-order valence-corrected chi connectivity index (χ3v) is 4.65. The zero-order valence-corrected chi connectivity index (χ0v) is 10.4. The lowest BCUT2D eigenvalue weighted by Gasteiger charge is -2.58. The Morgan fingerprint density at radius 2 is 1.31 bits per heavy atom. The smallest absolute Gasteiger partial charge is 0.101 e. The molecule has 1 aliphatic heterocycles. The SMILES string of the molecule is C=C[C@@H]1CC[C@H](C=C)[C@@]2(C)OCCO[C@@]12C. The molecule has 0 N–H and O–H groups in total. The molecule has 1 saturated carbocycles. The van der Waals surface area contributed by atoms with Crippen LogP contribution in [0.2, 0.25) is 0 Å². The van der Waals surface area contributed by atoms with Crippen LogP contribution in [0.25, 0.3) is 0 Å². The maximum atomic E-state index is 6.06. The number of hydrogen-bond donors (Lipinski definition) is 0. The topological polar surface area (TPSA) is 18.5 Å². The molecule has 0 aromatic rings. The van der Waals surface area contributed by atoms with Crippen LogP contribution in [-0.4, -0.2) is 24.4 Å². The maximum absolute atomic E-state index is 6.06. The molecule has 1 saturated heterocycles. The van der Waals surface area contributed by atoms with E-state index in [0.29, 0.717) is 25.0 Å². The Morgan fingerprint density at radius 1 is 0.938 bits per heavy atom. The summed E-state index contributed by atoms with van der Waals surface area (Å²) in [5.41, 5.74) is -0.520. The van der Waals surface area contributed by atoms with Crippen molar-refractivity contribution in [2.24, 2.45) is 11.8 Å². The molecule has 0 radical (unpaired) electrons. The van der Waals surface area contributed by atoms with Gasteiger partial charge in [0.05, 0.1) is 13.2 Å². The van der Waals surface area contributed by atoms with E-state index in [2.05, 4.69) is 27.0 Å². The Morgan fingerprint density at radius 3 is 1.62 bits per heavy atom. The molecule has 0 aromatic heterocycles. The average molecular weight is 222 g/mol. The Labute approximate surface area is 98.3 Å². The molecule has 4 atom stereocenters. The van der Waals surface area contributed by atoms with Gasteiger partial charge in [-0.05, 0) is 26.7 Å². The van der Waals surface area contributed by atoms with Gasteiger partial charge in [-0.25, -0.2) is 0 Å². The molecule has 0 aromatic carbocycles. The first-order chi connectivity index (χ1) is 7.58. The monoisotopic (exact) mass is 222 g/mol. The molecule has 0 unspecified atom stereocenters. The Bertz CT molecular complexity index is 269. The van der Waals surface area contributed by atoms with E-state index in [-0.39, 0.29) is 11.2 Å². The summed E-state index contributed by atoms with van der Waals surface area (Å²) in [6, 6.07) is 0. The fourth-order valence-corrected chi connectivity index (χ4v) is 3.34. The lowest BCUT2D eigenvalue weighted by atomic mass is 9.61. The van der Waals surface area contributed by atoms with Crippen molar-refractivity contribution in [2.75, 3.05) is 13.2 Å². The van der Waals surface area contributed by atoms with E-state index in [9.17, 15) is 0 Å². The van der Waals surface area contributed by atoms with Crippen LogP contribution >= 0.6 is 0 Å². The highest BCUT2D eigenvalue weighted by molar-refractivity contribution is 5.16. The van der Waals surface area contributed by atoms with Gasteiger partial charge < -0.3 is 9.47 Å². The van der Waals surface area contributed by atoms with Crippen molar-refractivity contribution in [3.05, 3.63) is 25.3 Å². The predicted molar refractivity (Wildman–Crippen MR) is 65.3 cm³/mol. The second-order valence-corrected chi connectivity index (χ2v) is 5.17. The van der Waals surface area contributed by atoms with E-state index in [1.54, 1.807) is 0 Å². The molecule has 2 rings (SSSR count). The van der Waals surface area contributed by atoms with Gasteiger partial charge in [0.15, 0.2) is 0 Å². The Kier molecular flexibility index (Phi) is 2.97. The molecule has 0 spiro atoms. The van der Waals surface area contributed by atoms with Gasteiger partial charge in [-0.2, -0.15) is 0 Å². The second kappa shape index (κ2) is 4.01. The normalized spacial score (nSPS) is 48.1. The minimum absolute atomic E-state index is 0.260. The average Bonchev–Trinajstić information content (AvgIpc) is 2.28. The standard InChI is InChI=1S/C14H22O2/c1-5-11-7-8-12(6-2)14(4)13(11,3)15-9-10-16-14/h5-6,11-12H,1-2,7-10H2,3-4H3/t11-,12+,13+,14-. The second-order valence-electron chi connectivity index (χ2n) is 5.17. The van der Waals surface area contributed by atoms with Crippen LogP contribution < -0.4 is 0 Å². The molecular formula is C14H22O2. The van der Waals surface area contributed by atoms with Gasteiger partial charge in [0, 0.05) is 11.8 Å². The van der Waals surface area contributed by atoms with Crippen molar-refractivity contribution in [3.8, 4) is 0 Å². The van der Waals surface area contributed by atoms with Crippen LogP contribution in [0.1, 0.15) is 26.7 Å². The van der Waals surface area contributed by atoms with E-state index in [0.717, 1.165) is 12.8 Å². The number of ether oxygens (including phenoxy) is 2. The Hall–Kier alpha value is -0.600. The summed E-state index contributed by atoms with van der Waals surface area (Å²) in [5, 5.41) is 0. The zero-order valence-electron chi connectivity index (χ0n) is 10.4. The lowest BCUT2D eigenvalue weighted by Crippen LogP contribution is -2.66. The van der Waals surface area contributed by atoms with E-state index in [1.165, 1.54) is 0 Å².